The van der Waals surface area contributed by atoms with Crippen molar-refractivity contribution >= 4 is 27.4 Å². The van der Waals surface area contributed by atoms with E-state index < -0.39 is 27.6 Å². The monoisotopic (exact) mass is 526 g/mol. The number of carbonyl (C=O) groups excluding carboxylic acids is 1. The van der Waals surface area contributed by atoms with Crippen molar-refractivity contribution in [1.82, 2.24) is 9.71 Å². The van der Waals surface area contributed by atoms with Gasteiger partial charge in [0.05, 0.1) is 11.8 Å². The molecule has 37 heavy (non-hydrogen) atoms. The van der Waals surface area contributed by atoms with E-state index in [-0.39, 0.29) is 5.03 Å². The van der Waals surface area contributed by atoms with Gasteiger partial charge in [0.2, 0.25) is 0 Å². The number of nitrogens with one attached hydrogen (secondary N) is 1. The second kappa shape index (κ2) is 8.87. The van der Waals surface area contributed by atoms with Gasteiger partial charge in [0.25, 0.3) is 15.9 Å². The number of sulfonamides is 1. The minimum absolute atomic E-state index is 0.228. The molecule has 1 spiro atoms. The van der Waals surface area contributed by atoms with E-state index >= 15 is 0 Å². The predicted molar refractivity (Wildman–Crippen MR) is 139 cm³/mol. The van der Waals surface area contributed by atoms with Crippen LogP contribution in [0.4, 0.5) is 11.5 Å². The molecule has 10 heteroatoms. The molecule has 9 nitrogen and oxygen atoms in total. The van der Waals surface area contributed by atoms with Crippen molar-refractivity contribution in [3.05, 3.63) is 42.0 Å². The first-order valence-corrected chi connectivity index (χ1v) is 14.7. The van der Waals surface area contributed by atoms with Gasteiger partial charge in [-0.25, -0.2) is 9.71 Å². The quantitative estimate of drug-likeness (QED) is 0.567. The second-order valence-corrected chi connectivity index (χ2v) is 12.8. The highest BCUT2D eigenvalue weighted by Crippen LogP contribution is 2.54. The molecule has 1 unspecified atom stereocenters. The third-order valence-corrected chi connectivity index (χ3v) is 9.59. The number of hydrogen-bond acceptors (Lipinski definition) is 8. The van der Waals surface area contributed by atoms with Crippen LogP contribution in [-0.4, -0.2) is 62.3 Å². The number of amides is 1. The number of aryl methyl sites for hydroxylation is 1. The van der Waals surface area contributed by atoms with Crippen LogP contribution >= 0.6 is 0 Å². The molecule has 0 radical (unpaired) electrons. The van der Waals surface area contributed by atoms with Crippen LogP contribution in [0, 0.1) is 12.3 Å². The number of piperidine rings is 1. The lowest BCUT2D eigenvalue weighted by molar-refractivity contribution is -0.127. The fraction of sp³-hybridized carbons (Fsp3) is 0.556. The summed E-state index contributed by atoms with van der Waals surface area (Å²) in [6, 6.07) is 10.7. The summed E-state index contributed by atoms with van der Waals surface area (Å²) in [4.78, 5) is 21.7. The highest BCUT2D eigenvalue weighted by molar-refractivity contribution is 7.90. The van der Waals surface area contributed by atoms with Crippen molar-refractivity contribution in [2.24, 2.45) is 5.41 Å². The van der Waals surface area contributed by atoms with Gasteiger partial charge in [-0.05, 0) is 74.3 Å². The SMILES string of the molecule is Cc1ccc(N2CCC3(CC2)CC3)c(OC2(C(=O)NS(=O)(=O)c3cccc(N4CCC(O)C4)n3)CC2)c1. The zero-order chi connectivity index (χ0) is 25.8. The van der Waals surface area contributed by atoms with Crippen molar-refractivity contribution in [3.8, 4) is 5.75 Å². The topological polar surface area (TPSA) is 112 Å². The summed E-state index contributed by atoms with van der Waals surface area (Å²) in [5.74, 6) is 0.423. The number of pyridine rings is 1. The van der Waals surface area contributed by atoms with Gasteiger partial charge in [0.1, 0.15) is 11.6 Å². The van der Waals surface area contributed by atoms with Crippen LogP contribution in [0.1, 0.15) is 50.5 Å². The summed E-state index contributed by atoms with van der Waals surface area (Å²) in [7, 11) is -4.20. The molecular weight excluding hydrogens is 492 g/mol. The Balaban J connectivity index is 1.18. The molecule has 2 aromatic rings. The molecule has 1 atom stereocenters. The molecule has 2 aliphatic heterocycles. The van der Waals surface area contributed by atoms with E-state index in [2.05, 4.69) is 14.6 Å². The number of nitrogens with zero attached hydrogens (tertiary/aromatic N) is 3. The largest absolute Gasteiger partial charge is 0.475 e. The van der Waals surface area contributed by atoms with Gasteiger partial charge >= 0.3 is 0 Å². The number of aliphatic hydroxyl groups is 1. The number of anilines is 2. The standard InChI is InChI=1S/C27H34N4O5S/c1-19-5-6-21(30-15-12-26(8-9-26)13-16-30)22(17-19)36-27(10-11-27)25(33)29-37(34,35)24-4-2-3-23(28-24)31-14-7-20(32)18-31/h2-6,17,20,32H,7-16,18H2,1H3,(H,29,33). The highest BCUT2D eigenvalue weighted by atomic mass is 32.2. The highest BCUT2D eigenvalue weighted by Gasteiger charge is 2.55. The first-order valence-electron chi connectivity index (χ1n) is 13.2. The molecule has 1 aromatic heterocycles. The Morgan fingerprint density at radius 1 is 1.05 bits per heavy atom. The summed E-state index contributed by atoms with van der Waals surface area (Å²) >= 11 is 0. The molecule has 3 heterocycles. The molecule has 2 N–H and O–H groups in total. The molecule has 0 bridgehead atoms. The normalized spacial score (nSPS) is 23.7. The minimum atomic E-state index is -4.20. The summed E-state index contributed by atoms with van der Waals surface area (Å²) in [5.41, 5.74) is 1.32. The van der Waals surface area contributed by atoms with Crippen LogP contribution in [0.2, 0.25) is 0 Å². The number of benzene rings is 1. The maximum Gasteiger partial charge on any atom is 0.281 e. The Labute approximate surface area is 217 Å². The van der Waals surface area contributed by atoms with E-state index in [1.807, 2.05) is 30.0 Å². The molecule has 2 aliphatic carbocycles. The average molecular weight is 527 g/mol. The van der Waals surface area contributed by atoms with Gasteiger partial charge in [0, 0.05) is 39.0 Å². The number of β-amino-alcohol motifs (C(OH)–C–C–N with tert-alkyl or cyclic N) is 1. The van der Waals surface area contributed by atoms with Gasteiger partial charge in [-0.15, -0.1) is 0 Å². The van der Waals surface area contributed by atoms with E-state index in [1.54, 1.807) is 12.1 Å². The van der Waals surface area contributed by atoms with Crippen molar-refractivity contribution in [1.29, 1.82) is 0 Å². The van der Waals surface area contributed by atoms with Crippen molar-refractivity contribution in [3.63, 3.8) is 0 Å². The first-order chi connectivity index (χ1) is 17.7. The lowest BCUT2D eigenvalue weighted by Gasteiger charge is -2.35. The lowest BCUT2D eigenvalue weighted by atomic mass is 9.93. The predicted octanol–water partition coefficient (Wildman–Crippen LogP) is 2.76. The third kappa shape index (κ3) is 4.88. The van der Waals surface area contributed by atoms with Crippen LogP contribution in [0.25, 0.3) is 0 Å². The van der Waals surface area contributed by atoms with Crippen molar-refractivity contribution < 1.29 is 23.1 Å². The molecule has 2 saturated heterocycles. The van der Waals surface area contributed by atoms with E-state index in [0.29, 0.717) is 49.3 Å². The average Bonchev–Trinajstić information content (AvgIpc) is 3.78. The Morgan fingerprint density at radius 3 is 2.46 bits per heavy atom. The lowest BCUT2D eigenvalue weighted by Crippen LogP contribution is -2.44. The summed E-state index contributed by atoms with van der Waals surface area (Å²) in [5, 5.41) is 9.58. The molecule has 4 aliphatic rings. The number of ether oxygens (including phenoxy) is 1. The van der Waals surface area contributed by atoms with Gasteiger partial charge < -0.3 is 19.6 Å². The van der Waals surface area contributed by atoms with Gasteiger partial charge in [-0.2, -0.15) is 8.42 Å². The Morgan fingerprint density at radius 2 is 1.81 bits per heavy atom. The number of aliphatic hydroxyl groups excluding tert-OH is 1. The Bertz CT molecular complexity index is 1310. The maximum atomic E-state index is 13.3. The number of hydrogen-bond donors (Lipinski definition) is 2. The van der Waals surface area contributed by atoms with E-state index in [1.165, 1.54) is 31.7 Å². The van der Waals surface area contributed by atoms with Gasteiger partial charge in [-0.1, -0.05) is 12.1 Å². The van der Waals surface area contributed by atoms with E-state index in [4.69, 9.17) is 4.74 Å². The second-order valence-electron chi connectivity index (χ2n) is 11.2. The van der Waals surface area contributed by atoms with Crippen LogP contribution < -0.4 is 19.3 Å². The molecule has 4 fully saturated rings. The van der Waals surface area contributed by atoms with E-state index in [0.717, 1.165) is 24.3 Å². The van der Waals surface area contributed by atoms with Crippen molar-refractivity contribution in [2.75, 3.05) is 36.0 Å². The summed E-state index contributed by atoms with van der Waals surface area (Å²) < 4.78 is 34.8. The Hall–Kier alpha value is -2.85. The fourth-order valence-corrected chi connectivity index (χ4v) is 6.52. The Kier molecular flexibility index (Phi) is 5.87. The van der Waals surface area contributed by atoms with Crippen LogP contribution in [0.5, 0.6) is 5.75 Å². The summed E-state index contributed by atoms with van der Waals surface area (Å²) in [6.45, 7) is 4.90. The van der Waals surface area contributed by atoms with E-state index in [9.17, 15) is 18.3 Å². The van der Waals surface area contributed by atoms with Crippen LogP contribution in [-0.2, 0) is 14.8 Å². The molecule has 1 amide bonds. The fourth-order valence-electron chi connectivity index (χ4n) is 5.51. The zero-order valence-corrected chi connectivity index (χ0v) is 22.0. The number of aromatic nitrogens is 1. The third-order valence-electron chi connectivity index (χ3n) is 8.36. The molecule has 6 rings (SSSR count). The first kappa shape index (κ1) is 24.5. The minimum Gasteiger partial charge on any atom is -0.475 e. The number of carbonyl (C=O) groups is 1. The maximum absolute atomic E-state index is 13.3. The van der Waals surface area contributed by atoms with Gasteiger partial charge in [-0.3, -0.25) is 4.79 Å². The zero-order valence-electron chi connectivity index (χ0n) is 21.1. The van der Waals surface area contributed by atoms with Crippen LogP contribution in [0.15, 0.2) is 41.4 Å². The molecule has 198 valence electrons. The smallest absolute Gasteiger partial charge is 0.281 e. The molecular formula is C27H34N4O5S. The van der Waals surface area contributed by atoms with Crippen LogP contribution in [0.3, 0.4) is 0 Å². The summed E-state index contributed by atoms with van der Waals surface area (Å²) in [6.07, 6.45) is 6.04. The van der Waals surface area contributed by atoms with Crippen molar-refractivity contribution in [2.45, 2.75) is 68.6 Å². The van der Waals surface area contributed by atoms with Gasteiger partial charge in [0.15, 0.2) is 10.6 Å². The molecule has 1 aromatic carbocycles. The molecule has 2 saturated carbocycles. The number of rotatable bonds is 7.